The Morgan fingerprint density at radius 1 is 1.71 bits per heavy atom. The van der Waals surface area contributed by atoms with E-state index in [1.54, 1.807) is 0 Å². The van der Waals surface area contributed by atoms with Crippen molar-refractivity contribution in [2.45, 2.75) is 25.3 Å². The zero-order chi connectivity index (χ0) is 9.80. The molecule has 1 fully saturated rings. The Kier molecular flexibility index (Phi) is 3.03. The van der Waals surface area contributed by atoms with Crippen LogP contribution in [0.2, 0.25) is 0 Å². The predicted octanol–water partition coefficient (Wildman–Crippen LogP) is 0.974. The first kappa shape index (κ1) is 9.52. The molecule has 0 amide bonds. The average Bonchev–Trinajstić information content (AvgIpc) is 2.77. The van der Waals surface area contributed by atoms with E-state index in [0.29, 0.717) is 0 Å². The van der Waals surface area contributed by atoms with Gasteiger partial charge in [0, 0.05) is 25.8 Å². The number of nitrogens with one attached hydrogen (secondary N) is 2. The molecular weight excluding hydrogens is 176 g/mol. The van der Waals surface area contributed by atoms with Crippen LogP contribution in [0.4, 0.5) is 5.69 Å². The van der Waals surface area contributed by atoms with Crippen LogP contribution >= 0.6 is 0 Å². The van der Waals surface area contributed by atoms with Crippen molar-refractivity contribution in [3.8, 4) is 0 Å². The van der Waals surface area contributed by atoms with Crippen molar-refractivity contribution in [2.24, 2.45) is 7.05 Å². The molecule has 0 aromatic carbocycles. The monoisotopic (exact) mass is 194 g/mol. The quantitative estimate of drug-likeness (QED) is 0.750. The Hall–Kier alpha value is -1.03. The van der Waals surface area contributed by atoms with E-state index in [1.807, 2.05) is 24.1 Å². The van der Waals surface area contributed by atoms with E-state index in [1.165, 1.54) is 25.8 Å². The summed E-state index contributed by atoms with van der Waals surface area (Å²) in [7, 11) is 1.93. The molecule has 0 spiro atoms. The first-order chi connectivity index (χ1) is 6.84. The Labute approximate surface area is 84.7 Å². The average molecular weight is 194 g/mol. The summed E-state index contributed by atoms with van der Waals surface area (Å²) in [5, 5.41) is 11.0. The zero-order valence-electron chi connectivity index (χ0n) is 8.66. The lowest BCUT2D eigenvalue weighted by atomic mass is 10.1. The van der Waals surface area contributed by atoms with Gasteiger partial charge in [0.1, 0.15) is 0 Å². The summed E-state index contributed by atoms with van der Waals surface area (Å²) in [6.07, 6.45) is 7.73. The molecule has 1 aromatic heterocycles. The molecule has 0 saturated carbocycles. The summed E-state index contributed by atoms with van der Waals surface area (Å²) < 4.78 is 1.82. The normalized spacial score (nSPS) is 21.4. The second kappa shape index (κ2) is 4.46. The van der Waals surface area contributed by atoms with Crippen LogP contribution in [0, 0.1) is 0 Å². The fourth-order valence-electron chi connectivity index (χ4n) is 1.91. The highest BCUT2D eigenvalue weighted by Gasteiger charge is 2.12. The number of hydrogen-bond acceptors (Lipinski definition) is 3. The minimum Gasteiger partial charge on any atom is -0.382 e. The van der Waals surface area contributed by atoms with E-state index in [0.717, 1.165) is 18.3 Å². The summed E-state index contributed by atoms with van der Waals surface area (Å²) in [6.45, 7) is 2.22. The van der Waals surface area contributed by atoms with Gasteiger partial charge in [0.2, 0.25) is 0 Å². The van der Waals surface area contributed by atoms with Crippen molar-refractivity contribution in [3.05, 3.63) is 12.4 Å². The van der Waals surface area contributed by atoms with Crippen LogP contribution in [-0.2, 0) is 7.05 Å². The fraction of sp³-hybridized carbons (Fsp3) is 0.700. The lowest BCUT2D eigenvalue weighted by Gasteiger charge is -2.09. The Morgan fingerprint density at radius 3 is 3.29 bits per heavy atom. The number of hydrogen-bond donors (Lipinski definition) is 2. The highest BCUT2D eigenvalue weighted by Crippen LogP contribution is 2.09. The van der Waals surface area contributed by atoms with Crippen LogP contribution in [0.5, 0.6) is 0 Å². The van der Waals surface area contributed by atoms with Crippen LogP contribution in [0.3, 0.4) is 0 Å². The molecule has 78 valence electrons. The molecule has 0 aliphatic carbocycles. The Bertz CT molecular complexity index is 275. The first-order valence-electron chi connectivity index (χ1n) is 5.30. The van der Waals surface area contributed by atoms with Gasteiger partial charge in [-0.1, -0.05) is 0 Å². The van der Waals surface area contributed by atoms with Crippen LogP contribution in [0.1, 0.15) is 19.3 Å². The maximum absolute atomic E-state index is 4.11. The van der Waals surface area contributed by atoms with E-state index in [2.05, 4.69) is 15.7 Å². The molecule has 1 aromatic rings. The van der Waals surface area contributed by atoms with Crippen molar-refractivity contribution in [3.63, 3.8) is 0 Å². The van der Waals surface area contributed by atoms with Gasteiger partial charge in [0.05, 0.1) is 11.9 Å². The molecule has 4 heteroatoms. The fourth-order valence-corrected chi connectivity index (χ4v) is 1.91. The summed E-state index contributed by atoms with van der Waals surface area (Å²) in [5.41, 5.74) is 1.12. The maximum atomic E-state index is 4.11. The van der Waals surface area contributed by atoms with Gasteiger partial charge in [-0.05, 0) is 25.8 Å². The third-order valence-corrected chi connectivity index (χ3v) is 2.69. The summed E-state index contributed by atoms with van der Waals surface area (Å²) in [5.74, 6) is 0. The summed E-state index contributed by atoms with van der Waals surface area (Å²) in [4.78, 5) is 0. The number of rotatable bonds is 4. The van der Waals surface area contributed by atoms with Gasteiger partial charge in [0.15, 0.2) is 0 Å². The van der Waals surface area contributed by atoms with E-state index in [9.17, 15) is 0 Å². The SMILES string of the molecule is Cn1cc(NCCC2CCCN2)cn1. The molecule has 0 radical (unpaired) electrons. The van der Waals surface area contributed by atoms with E-state index in [4.69, 9.17) is 0 Å². The number of aryl methyl sites for hydroxylation is 1. The third-order valence-electron chi connectivity index (χ3n) is 2.69. The molecule has 1 atom stereocenters. The topological polar surface area (TPSA) is 41.9 Å². The smallest absolute Gasteiger partial charge is 0.0726 e. The third kappa shape index (κ3) is 2.48. The number of aromatic nitrogens is 2. The molecule has 1 saturated heterocycles. The summed E-state index contributed by atoms with van der Waals surface area (Å²) >= 11 is 0. The van der Waals surface area contributed by atoms with E-state index >= 15 is 0 Å². The highest BCUT2D eigenvalue weighted by molar-refractivity contribution is 5.37. The minimum absolute atomic E-state index is 0.721. The van der Waals surface area contributed by atoms with Gasteiger partial charge in [-0.3, -0.25) is 4.68 Å². The van der Waals surface area contributed by atoms with Gasteiger partial charge in [0.25, 0.3) is 0 Å². The largest absolute Gasteiger partial charge is 0.382 e. The molecule has 1 unspecified atom stereocenters. The van der Waals surface area contributed by atoms with Crippen molar-refractivity contribution < 1.29 is 0 Å². The van der Waals surface area contributed by atoms with Crippen molar-refractivity contribution in [2.75, 3.05) is 18.4 Å². The van der Waals surface area contributed by atoms with Gasteiger partial charge in [-0.15, -0.1) is 0 Å². The van der Waals surface area contributed by atoms with Crippen LogP contribution in [0.15, 0.2) is 12.4 Å². The molecule has 2 heterocycles. The number of nitrogens with zero attached hydrogens (tertiary/aromatic N) is 2. The lowest BCUT2D eigenvalue weighted by molar-refractivity contribution is 0.574. The van der Waals surface area contributed by atoms with E-state index < -0.39 is 0 Å². The zero-order valence-corrected chi connectivity index (χ0v) is 8.66. The van der Waals surface area contributed by atoms with Gasteiger partial charge in [-0.25, -0.2) is 0 Å². The molecule has 4 nitrogen and oxygen atoms in total. The molecule has 2 rings (SSSR count). The van der Waals surface area contributed by atoms with Gasteiger partial charge < -0.3 is 10.6 Å². The van der Waals surface area contributed by atoms with Crippen molar-refractivity contribution in [1.29, 1.82) is 0 Å². The summed E-state index contributed by atoms with van der Waals surface area (Å²) in [6, 6.07) is 0.721. The minimum atomic E-state index is 0.721. The maximum Gasteiger partial charge on any atom is 0.0726 e. The Balaban J connectivity index is 1.67. The molecule has 1 aliphatic heterocycles. The Morgan fingerprint density at radius 2 is 2.64 bits per heavy atom. The van der Waals surface area contributed by atoms with Gasteiger partial charge >= 0.3 is 0 Å². The first-order valence-corrected chi connectivity index (χ1v) is 5.30. The lowest BCUT2D eigenvalue weighted by Crippen LogP contribution is -2.23. The molecule has 0 bridgehead atoms. The van der Waals surface area contributed by atoms with Gasteiger partial charge in [-0.2, -0.15) is 5.10 Å². The van der Waals surface area contributed by atoms with Crippen LogP contribution in [-0.4, -0.2) is 28.9 Å². The predicted molar refractivity (Wildman–Crippen MR) is 57.3 cm³/mol. The molecular formula is C10H18N4. The molecule has 2 N–H and O–H groups in total. The van der Waals surface area contributed by atoms with Crippen LogP contribution < -0.4 is 10.6 Å². The molecule has 1 aliphatic rings. The van der Waals surface area contributed by atoms with Crippen molar-refractivity contribution in [1.82, 2.24) is 15.1 Å². The number of anilines is 1. The molecule has 14 heavy (non-hydrogen) atoms. The second-order valence-electron chi connectivity index (χ2n) is 3.91. The van der Waals surface area contributed by atoms with Crippen LogP contribution in [0.25, 0.3) is 0 Å². The van der Waals surface area contributed by atoms with E-state index in [-0.39, 0.29) is 0 Å². The standard InChI is InChI=1S/C10H18N4/c1-14-8-10(7-13-14)12-6-4-9-3-2-5-11-9/h7-9,11-12H,2-6H2,1H3. The highest BCUT2D eigenvalue weighted by atomic mass is 15.3. The second-order valence-corrected chi connectivity index (χ2v) is 3.91. The van der Waals surface area contributed by atoms with Crippen molar-refractivity contribution >= 4 is 5.69 Å².